The van der Waals surface area contributed by atoms with Crippen molar-refractivity contribution in [1.82, 2.24) is 10.4 Å². The summed E-state index contributed by atoms with van der Waals surface area (Å²) in [5.41, 5.74) is 5.82. The molecule has 0 aromatic heterocycles. The third kappa shape index (κ3) is 3.33. The second kappa shape index (κ2) is 6.98. The number of carbonyl (C=O) groups is 1. The first kappa shape index (κ1) is 18.0. The Hall–Kier alpha value is -2.37. The van der Waals surface area contributed by atoms with Crippen molar-refractivity contribution in [1.29, 1.82) is 0 Å². The van der Waals surface area contributed by atoms with Crippen molar-refractivity contribution in [2.24, 2.45) is 0 Å². The molecule has 140 valence electrons. The van der Waals surface area contributed by atoms with Crippen molar-refractivity contribution in [3.05, 3.63) is 65.1 Å². The van der Waals surface area contributed by atoms with Gasteiger partial charge in [0.15, 0.2) is 0 Å². The SMILES string of the molecule is CC1NN(C)C(F)=C1C(=O)N(c1ccccc1-c1ccc(Cl)cc1)C1CC1. The van der Waals surface area contributed by atoms with Gasteiger partial charge in [0.05, 0.1) is 17.3 Å². The molecule has 6 heteroatoms. The highest BCUT2D eigenvalue weighted by Gasteiger charge is 2.41. The Morgan fingerprint density at radius 1 is 1.19 bits per heavy atom. The van der Waals surface area contributed by atoms with Gasteiger partial charge in [-0.15, -0.1) is 0 Å². The van der Waals surface area contributed by atoms with Crippen LogP contribution in [0.5, 0.6) is 0 Å². The summed E-state index contributed by atoms with van der Waals surface area (Å²) in [5.74, 6) is -0.789. The van der Waals surface area contributed by atoms with Gasteiger partial charge < -0.3 is 4.90 Å². The number of hydrazine groups is 1. The zero-order valence-corrected chi connectivity index (χ0v) is 16.0. The zero-order chi connectivity index (χ0) is 19.1. The number of benzene rings is 2. The predicted octanol–water partition coefficient (Wildman–Crippen LogP) is 4.52. The minimum Gasteiger partial charge on any atom is -0.305 e. The van der Waals surface area contributed by atoms with E-state index in [1.54, 1.807) is 18.9 Å². The Kier molecular flexibility index (Phi) is 4.66. The third-order valence-corrected chi connectivity index (χ3v) is 5.27. The molecule has 1 unspecified atom stereocenters. The Morgan fingerprint density at radius 2 is 1.85 bits per heavy atom. The lowest BCUT2D eigenvalue weighted by Gasteiger charge is -2.26. The fourth-order valence-electron chi connectivity index (χ4n) is 3.54. The normalized spacial score (nSPS) is 19.6. The molecule has 0 saturated heterocycles. The molecule has 27 heavy (non-hydrogen) atoms. The second-order valence-electron chi connectivity index (χ2n) is 7.04. The van der Waals surface area contributed by atoms with Crippen LogP contribution in [0.4, 0.5) is 10.1 Å². The molecule has 4 rings (SSSR count). The van der Waals surface area contributed by atoms with E-state index < -0.39 is 5.95 Å². The summed E-state index contributed by atoms with van der Waals surface area (Å²) in [6, 6.07) is 15.0. The number of halogens is 2. The highest BCUT2D eigenvalue weighted by molar-refractivity contribution is 6.30. The summed E-state index contributed by atoms with van der Waals surface area (Å²) in [6.07, 6.45) is 1.85. The summed E-state index contributed by atoms with van der Waals surface area (Å²) in [6.45, 7) is 1.80. The first-order valence-corrected chi connectivity index (χ1v) is 9.43. The summed E-state index contributed by atoms with van der Waals surface area (Å²) in [5, 5.41) is 1.93. The van der Waals surface area contributed by atoms with Crippen molar-refractivity contribution in [3.63, 3.8) is 0 Å². The van der Waals surface area contributed by atoms with Gasteiger partial charge in [-0.25, -0.2) is 5.43 Å². The molecule has 1 atom stereocenters. The van der Waals surface area contributed by atoms with Crippen molar-refractivity contribution < 1.29 is 9.18 Å². The molecular formula is C21H21ClFN3O. The molecule has 1 fully saturated rings. The van der Waals surface area contributed by atoms with E-state index in [0.717, 1.165) is 29.7 Å². The molecule has 1 aliphatic carbocycles. The van der Waals surface area contributed by atoms with Gasteiger partial charge in [-0.1, -0.05) is 41.9 Å². The van der Waals surface area contributed by atoms with Crippen molar-refractivity contribution in [2.75, 3.05) is 11.9 Å². The van der Waals surface area contributed by atoms with E-state index in [-0.39, 0.29) is 23.6 Å². The molecule has 2 aliphatic rings. The monoisotopic (exact) mass is 385 g/mol. The second-order valence-corrected chi connectivity index (χ2v) is 7.48. The van der Waals surface area contributed by atoms with Crippen LogP contribution in [0.15, 0.2) is 60.1 Å². The summed E-state index contributed by atoms with van der Waals surface area (Å²) < 4.78 is 14.6. The number of hydrogen-bond donors (Lipinski definition) is 1. The van der Waals surface area contributed by atoms with E-state index in [9.17, 15) is 9.18 Å². The molecule has 2 aromatic carbocycles. The molecule has 0 radical (unpaired) electrons. The van der Waals surface area contributed by atoms with Gasteiger partial charge in [-0.3, -0.25) is 9.80 Å². The lowest BCUT2D eigenvalue weighted by Crippen LogP contribution is -2.39. The average Bonchev–Trinajstić information content (AvgIpc) is 3.44. The van der Waals surface area contributed by atoms with Crippen LogP contribution in [-0.4, -0.2) is 30.0 Å². The van der Waals surface area contributed by atoms with Gasteiger partial charge in [-0.05, 0) is 43.5 Å². The Bertz CT molecular complexity index is 908. The van der Waals surface area contributed by atoms with Crippen LogP contribution in [0.25, 0.3) is 11.1 Å². The minimum absolute atomic E-state index is 0.101. The largest absolute Gasteiger partial charge is 0.305 e. The molecular weight excluding hydrogens is 365 g/mol. The maximum atomic E-state index is 14.6. The smallest absolute Gasteiger partial charge is 0.260 e. The molecule has 1 N–H and O–H groups in total. The van der Waals surface area contributed by atoms with Gasteiger partial charge in [0, 0.05) is 23.7 Å². The third-order valence-electron chi connectivity index (χ3n) is 5.02. The van der Waals surface area contributed by atoms with E-state index in [0.29, 0.717) is 5.02 Å². The van der Waals surface area contributed by atoms with E-state index in [2.05, 4.69) is 5.43 Å². The number of hydrogen-bond acceptors (Lipinski definition) is 3. The maximum absolute atomic E-state index is 14.6. The van der Waals surface area contributed by atoms with Crippen LogP contribution in [0.1, 0.15) is 19.8 Å². The summed E-state index contributed by atoms with van der Waals surface area (Å²) >= 11 is 6.02. The molecule has 1 amide bonds. The Labute approximate surface area is 163 Å². The number of carbonyl (C=O) groups excluding carboxylic acids is 1. The van der Waals surface area contributed by atoms with Crippen molar-refractivity contribution in [2.45, 2.75) is 31.8 Å². The summed E-state index contributed by atoms with van der Waals surface area (Å²) in [7, 11) is 1.58. The fourth-order valence-corrected chi connectivity index (χ4v) is 3.66. The Morgan fingerprint density at radius 3 is 2.44 bits per heavy atom. The van der Waals surface area contributed by atoms with E-state index in [1.807, 2.05) is 48.5 Å². The number of para-hydroxylation sites is 1. The van der Waals surface area contributed by atoms with Gasteiger partial charge in [0.25, 0.3) is 5.91 Å². The van der Waals surface area contributed by atoms with Crippen LogP contribution in [0.3, 0.4) is 0 Å². The molecule has 4 nitrogen and oxygen atoms in total. The molecule has 0 spiro atoms. The van der Waals surface area contributed by atoms with Crippen LogP contribution < -0.4 is 10.3 Å². The van der Waals surface area contributed by atoms with E-state index in [4.69, 9.17) is 11.6 Å². The number of nitrogens with zero attached hydrogens (tertiary/aromatic N) is 2. The van der Waals surface area contributed by atoms with Crippen molar-refractivity contribution >= 4 is 23.2 Å². The van der Waals surface area contributed by atoms with Crippen LogP contribution in [-0.2, 0) is 4.79 Å². The van der Waals surface area contributed by atoms with Crippen LogP contribution in [0, 0.1) is 0 Å². The number of anilines is 1. The lowest BCUT2D eigenvalue weighted by atomic mass is 10.0. The van der Waals surface area contributed by atoms with Gasteiger partial charge in [-0.2, -0.15) is 4.39 Å². The topological polar surface area (TPSA) is 35.6 Å². The van der Waals surface area contributed by atoms with E-state index in [1.165, 1.54) is 5.01 Å². The zero-order valence-electron chi connectivity index (χ0n) is 15.2. The Balaban J connectivity index is 1.79. The molecule has 2 aromatic rings. The average molecular weight is 386 g/mol. The molecule has 1 heterocycles. The standard InChI is InChI=1S/C21H21ClFN3O/c1-13-19(20(23)25(2)24-13)21(27)26(16-11-12-16)18-6-4-3-5-17(18)14-7-9-15(22)10-8-14/h3-10,13,16,24H,11-12H2,1-2H3. The minimum atomic E-state index is -0.512. The van der Waals surface area contributed by atoms with Gasteiger partial charge in [0.2, 0.25) is 5.95 Å². The highest BCUT2D eigenvalue weighted by atomic mass is 35.5. The first-order chi connectivity index (χ1) is 13.0. The lowest BCUT2D eigenvalue weighted by molar-refractivity contribution is -0.115. The van der Waals surface area contributed by atoms with E-state index >= 15 is 0 Å². The highest BCUT2D eigenvalue weighted by Crippen LogP contribution is 2.40. The number of rotatable bonds is 4. The number of amides is 1. The number of nitrogens with one attached hydrogen (secondary N) is 1. The fraction of sp³-hybridized carbons (Fsp3) is 0.286. The maximum Gasteiger partial charge on any atom is 0.260 e. The quantitative estimate of drug-likeness (QED) is 0.786. The predicted molar refractivity (Wildman–Crippen MR) is 106 cm³/mol. The summed E-state index contributed by atoms with van der Waals surface area (Å²) in [4.78, 5) is 15.1. The molecule has 0 bridgehead atoms. The first-order valence-electron chi connectivity index (χ1n) is 9.05. The molecule has 1 saturated carbocycles. The van der Waals surface area contributed by atoms with Crippen molar-refractivity contribution in [3.8, 4) is 11.1 Å². The van der Waals surface area contributed by atoms with Crippen LogP contribution >= 0.6 is 11.6 Å². The van der Waals surface area contributed by atoms with Gasteiger partial charge in [0.1, 0.15) is 0 Å². The molecule has 1 aliphatic heterocycles. The van der Waals surface area contributed by atoms with Crippen LogP contribution in [0.2, 0.25) is 5.02 Å². The van der Waals surface area contributed by atoms with Gasteiger partial charge >= 0.3 is 0 Å².